The van der Waals surface area contributed by atoms with Gasteiger partial charge in [0, 0.05) is 64.7 Å². The van der Waals surface area contributed by atoms with E-state index in [2.05, 4.69) is 25.4 Å². The summed E-state index contributed by atoms with van der Waals surface area (Å²) in [6.45, 7) is 8.77. The summed E-state index contributed by atoms with van der Waals surface area (Å²) in [7, 11) is 3.34. The Labute approximate surface area is 266 Å². The monoisotopic (exact) mass is 642 g/mol. The summed E-state index contributed by atoms with van der Waals surface area (Å²) in [4.78, 5) is 44.7. The summed E-state index contributed by atoms with van der Waals surface area (Å²) in [5.74, 6) is -1.21. The van der Waals surface area contributed by atoms with Gasteiger partial charge in [-0.1, -0.05) is 5.16 Å². The number of carbonyl (C=O) groups excluding carboxylic acids is 2. The van der Waals surface area contributed by atoms with Crippen LogP contribution in [0.4, 0.5) is 25.5 Å². The number of methoxy groups -OCH3 is 1. The molecule has 0 aliphatic carbocycles. The zero-order valence-corrected chi connectivity index (χ0v) is 26.9. The van der Waals surface area contributed by atoms with Gasteiger partial charge in [0.2, 0.25) is 11.8 Å². The Bertz CT molecular complexity index is 1520. The molecule has 2 aliphatic rings. The molecule has 1 N–H and O–H groups in total. The van der Waals surface area contributed by atoms with Crippen LogP contribution in [0, 0.1) is 11.6 Å². The van der Waals surface area contributed by atoms with Crippen molar-refractivity contribution in [2.75, 3.05) is 50.1 Å². The van der Waals surface area contributed by atoms with E-state index in [1.54, 1.807) is 44.7 Å². The Morgan fingerprint density at radius 3 is 2.46 bits per heavy atom. The quantitative estimate of drug-likeness (QED) is 0.380. The number of nitrogens with zero attached hydrogens (tertiary/aromatic N) is 7. The zero-order chi connectivity index (χ0) is 33.2. The molecule has 46 heavy (non-hydrogen) atoms. The van der Waals surface area contributed by atoms with Crippen molar-refractivity contribution < 1.29 is 32.4 Å². The fourth-order valence-corrected chi connectivity index (χ4v) is 5.72. The van der Waals surface area contributed by atoms with E-state index < -0.39 is 35.3 Å². The molecular weight excluding hydrogens is 602 g/mol. The van der Waals surface area contributed by atoms with Gasteiger partial charge in [-0.2, -0.15) is 4.98 Å². The number of hydrogen-bond donors (Lipinski definition) is 1. The minimum absolute atomic E-state index is 0.0103. The number of halogens is 2. The van der Waals surface area contributed by atoms with Crippen LogP contribution in [0.3, 0.4) is 0 Å². The van der Waals surface area contributed by atoms with E-state index in [9.17, 15) is 18.4 Å². The van der Waals surface area contributed by atoms with E-state index in [1.165, 1.54) is 12.4 Å². The number of anilines is 2. The van der Waals surface area contributed by atoms with Gasteiger partial charge in [-0.05, 0) is 64.3 Å². The summed E-state index contributed by atoms with van der Waals surface area (Å²) in [6.07, 6.45) is 3.39. The first-order chi connectivity index (χ1) is 21.8. The van der Waals surface area contributed by atoms with Crippen LogP contribution in [-0.2, 0) is 9.47 Å². The Morgan fingerprint density at radius 1 is 1.11 bits per heavy atom. The van der Waals surface area contributed by atoms with Crippen molar-refractivity contribution in [3.05, 3.63) is 59.2 Å². The van der Waals surface area contributed by atoms with Crippen molar-refractivity contribution in [1.82, 2.24) is 30.3 Å². The van der Waals surface area contributed by atoms with Crippen molar-refractivity contribution in [1.29, 1.82) is 0 Å². The van der Waals surface area contributed by atoms with Gasteiger partial charge >= 0.3 is 12.1 Å². The van der Waals surface area contributed by atoms with Gasteiger partial charge in [-0.25, -0.2) is 23.5 Å². The van der Waals surface area contributed by atoms with Crippen molar-refractivity contribution >= 4 is 24.0 Å². The molecule has 2 fully saturated rings. The first-order valence-corrected chi connectivity index (χ1v) is 15.2. The topological polar surface area (TPSA) is 139 Å². The largest absolute Gasteiger partial charge is 0.444 e. The number of aromatic nitrogens is 4. The van der Waals surface area contributed by atoms with Crippen molar-refractivity contribution in [2.24, 2.45) is 0 Å². The molecule has 15 heteroatoms. The van der Waals surface area contributed by atoms with E-state index >= 15 is 0 Å². The maximum Gasteiger partial charge on any atom is 0.407 e. The molecule has 2 aromatic heterocycles. The smallest absolute Gasteiger partial charge is 0.407 e. The lowest BCUT2D eigenvalue weighted by atomic mass is 9.94. The summed E-state index contributed by atoms with van der Waals surface area (Å²) in [5, 5.41) is 6.79. The first-order valence-electron chi connectivity index (χ1n) is 15.2. The Morgan fingerprint density at radius 2 is 1.80 bits per heavy atom. The number of piperidine rings is 1. The van der Waals surface area contributed by atoms with Gasteiger partial charge in [0.25, 0.3) is 5.91 Å². The fourth-order valence-electron chi connectivity index (χ4n) is 5.72. The zero-order valence-electron chi connectivity index (χ0n) is 26.9. The Hall–Kier alpha value is -4.40. The van der Waals surface area contributed by atoms with E-state index in [0.29, 0.717) is 49.3 Å². The van der Waals surface area contributed by atoms with E-state index in [4.69, 9.17) is 14.0 Å². The van der Waals surface area contributed by atoms with Crippen LogP contribution in [0.1, 0.15) is 74.3 Å². The van der Waals surface area contributed by atoms with Gasteiger partial charge in [0.15, 0.2) is 0 Å². The Balaban J connectivity index is 1.23. The fraction of sp³-hybridized carbons (Fsp3) is 0.548. The average molecular weight is 643 g/mol. The summed E-state index contributed by atoms with van der Waals surface area (Å²) < 4.78 is 45.0. The molecule has 13 nitrogen and oxygen atoms in total. The van der Waals surface area contributed by atoms with Crippen LogP contribution in [0.25, 0.3) is 0 Å². The van der Waals surface area contributed by atoms with Crippen LogP contribution >= 0.6 is 0 Å². The number of nitrogens with one attached hydrogen (secondary N) is 1. The molecule has 3 atom stereocenters. The lowest BCUT2D eigenvalue weighted by Gasteiger charge is -2.35. The molecule has 5 rings (SSSR count). The maximum atomic E-state index is 14.8. The molecule has 0 radical (unpaired) electrons. The highest BCUT2D eigenvalue weighted by atomic mass is 19.1. The molecule has 1 aromatic carbocycles. The Kier molecular flexibility index (Phi) is 9.70. The maximum absolute atomic E-state index is 14.8. The van der Waals surface area contributed by atoms with Crippen LogP contribution in [0.5, 0.6) is 0 Å². The van der Waals surface area contributed by atoms with Crippen LogP contribution in [0.15, 0.2) is 35.1 Å². The van der Waals surface area contributed by atoms with Gasteiger partial charge in [0.1, 0.15) is 23.3 Å². The van der Waals surface area contributed by atoms with Gasteiger partial charge < -0.3 is 34.0 Å². The second kappa shape index (κ2) is 13.5. The molecule has 3 unspecified atom stereocenters. The van der Waals surface area contributed by atoms with Crippen molar-refractivity contribution in [2.45, 2.75) is 70.2 Å². The van der Waals surface area contributed by atoms with Gasteiger partial charge in [0.05, 0.1) is 11.6 Å². The first kappa shape index (κ1) is 33.0. The summed E-state index contributed by atoms with van der Waals surface area (Å²) in [5.41, 5.74) is -0.287. The SMILES string of the molecule is COC(C)c1noc(N2CCC(N(C)C(=O)c3cnc(N4CC(NC(=O)OC(C)(C)C)C(c5cc(F)ccc5F)C4)nc3)CC2)n1. The van der Waals surface area contributed by atoms with E-state index in [-0.39, 0.29) is 36.7 Å². The molecule has 2 aliphatic heterocycles. The van der Waals surface area contributed by atoms with Gasteiger partial charge in [-0.15, -0.1) is 0 Å². The predicted molar refractivity (Wildman–Crippen MR) is 164 cm³/mol. The van der Waals surface area contributed by atoms with Crippen molar-refractivity contribution in [3.8, 4) is 0 Å². The molecular formula is C31H40F2N8O5. The molecule has 3 aromatic rings. The normalized spacial score (nSPS) is 19.7. The number of amides is 2. The summed E-state index contributed by atoms with van der Waals surface area (Å²) in [6, 6.07) is 3.06. The average Bonchev–Trinajstić information content (AvgIpc) is 3.68. The third-order valence-corrected chi connectivity index (χ3v) is 8.30. The second-order valence-corrected chi connectivity index (χ2v) is 12.6. The minimum Gasteiger partial charge on any atom is -0.444 e. The van der Waals surface area contributed by atoms with Crippen molar-refractivity contribution in [3.63, 3.8) is 0 Å². The highest BCUT2D eigenvalue weighted by Crippen LogP contribution is 2.32. The molecule has 2 amide bonds. The molecule has 0 spiro atoms. The molecule has 4 heterocycles. The lowest BCUT2D eigenvalue weighted by Crippen LogP contribution is -2.45. The number of hydrogen-bond acceptors (Lipinski definition) is 11. The number of alkyl carbamates (subject to hydrolysis) is 1. The number of benzene rings is 1. The molecule has 248 valence electrons. The minimum atomic E-state index is -0.737. The third kappa shape index (κ3) is 7.52. The highest BCUT2D eigenvalue weighted by Gasteiger charge is 2.39. The standard InChI is InChI=1S/C31H40F2N8O5/c1-18(44-6)26-37-29(46-38-26)40-11-9-21(10-12-40)39(5)27(42)19-14-34-28(35-15-19)41-16-23(22-13-20(32)7-8-24(22)33)25(17-41)36-30(43)45-31(2,3)4/h7-8,13-15,18,21,23,25H,9-12,16-17H2,1-6H3,(H,36,43). The van der Waals surface area contributed by atoms with E-state index in [1.807, 2.05) is 11.8 Å². The molecule has 0 saturated carbocycles. The van der Waals surface area contributed by atoms with E-state index in [0.717, 1.165) is 18.2 Å². The summed E-state index contributed by atoms with van der Waals surface area (Å²) >= 11 is 0. The van der Waals surface area contributed by atoms with Crippen LogP contribution < -0.4 is 15.1 Å². The third-order valence-electron chi connectivity index (χ3n) is 8.30. The lowest BCUT2D eigenvalue weighted by molar-refractivity contribution is 0.0504. The number of ether oxygens (including phenoxy) is 2. The van der Waals surface area contributed by atoms with Crippen LogP contribution in [0.2, 0.25) is 0 Å². The second-order valence-electron chi connectivity index (χ2n) is 12.6. The highest BCUT2D eigenvalue weighted by molar-refractivity contribution is 5.93. The molecule has 2 saturated heterocycles. The molecule has 0 bridgehead atoms. The number of carbonyl (C=O) groups is 2. The predicted octanol–water partition coefficient (Wildman–Crippen LogP) is 4.08. The van der Waals surface area contributed by atoms with Crippen LogP contribution in [-0.4, -0.2) is 95.0 Å². The van der Waals surface area contributed by atoms with Gasteiger partial charge in [-0.3, -0.25) is 4.79 Å². The number of rotatable bonds is 8.